The van der Waals surface area contributed by atoms with Crippen LogP contribution in [-0.2, 0) is 6.54 Å². The minimum absolute atomic E-state index is 0.414. The van der Waals surface area contributed by atoms with Crippen LogP contribution in [0.3, 0.4) is 0 Å². The highest BCUT2D eigenvalue weighted by Crippen LogP contribution is 2.14. The second kappa shape index (κ2) is 6.54. The summed E-state index contributed by atoms with van der Waals surface area (Å²) in [7, 11) is 0. The lowest BCUT2D eigenvalue weighted by Crippen LogP contribution is -2.49. The van der Waals surface area contributed by atoms with Crippen LogP contribution in [0, 0.1) is 0 Å². The van der Waals surface area contributed by atoms with Crippen LogP contribution in [0.25, 0.3) is 5.65 Å². The van der Waals surface area contributed by atoms with Gasteiger partial charge in [0.05, 0.1) is 12.6 Å². The van der Waals surface area contributed by atoms with Gasteiger partial charge in [-0.1, -0.05) is 0 Å². The minimum atomic E-state index is -0.414. The van der Waals surface area contributed by atoms with E-state index in [2.05, 4.69) is 30.2 Å². The Labute approximate surface area is 139 Å². The number of aromatic nitrogens is 6. The molecule has 0 amide bonds. The molecular formula is C15H20N8O. The van der Waals surface area contributed by atoms with Gasteiger partial charge in [-0.3, -0.25) is 9.58 Å². The fraction of sp³-hybridized carbons (Fsp3) is 0.467. The topological polar surface area (TPSA) is 87.6 Å². The SMILES string of the molecule is OC(CN1CCN(c2ccc3nncn3n2)CC1)Cn1cccn1. The molecule has 0 spiro atoms. The van der Waals surface area contributed by atoms with Crippen LogP contribution in [0.1, 0.15) is 0 Å². The number of β-amino-alcohol motifs (C(OH)–C–C–N with tert-alkyl or cyclic N) is 1. The van der Waals surface area contributed by atoms with Gasteiger partial charge in [-0.2, -0.15) is 9.61 Å². The van der Waals surface area contributed by atoms with Gasteiger partial charge in [-0.25, -0.2) is 0 Å². The van der Waals surface area contributed by atoms with E-state index in [1.165, 1.54) is 0 Å². The summed E-state index contributed by atoms with van der Waals surface area (Å²) in [5, 5.41) is 26.7. The van der Waals surface area contributed by atoms with Crippen molar-refractivity contribution in [2.45, 2.75) is 12.6 Å². The predicted molar refractivity (Wildman–Crippen MR) is 87.7 cm³/mol. The number of nitrogens with zero attached hydrogens (tertiary/aromatic N) is 8. The number of rotatable bonds is 5. The van der Waals surface area contributed by atoms with Crippen molar-refractivity contribution in [3.8, 4) is 0 Å². The normalized spacial score (nSPS) is 17.5. The predicted octanol–water partition coefficient (Wildman–Crippen LogP) is -0.496. The van der Waals surface area contributed by atoms with Gasteiger partial charge in [-0.15, -0.1) is 15.3 Å². The van der Waals surface area contributed by atoms with E-state index in [-0.39, 0.29) is 0 Å². The van der Waals surface area contributed by atoms with Crippen LogP contribution in [0.2, 0.25) is 0 Å². The molecule has 0 radical (unpaired) electrons. The summed E-state index contributed by atoms with van der Waals surface area (Å²) < 4.78 is 3.45. The number of anilines is 1. The summed E-state index contributed by atoms with van der Waals surface area (Å²) in [5.41, 5.74) is 0.749. The maximum absolute atomic E-state index is 10.2. The molecule has 9 nitrogen and oxygen atoms in total. The Hall–Kier alpha value is -2.52. The van der Waals surface area contributed by atoms with Crippen molar-refractivity contribution in [3.63, 3.8) is 0 Å². The second-order valence-corrected chi connectivity index (χ2v) is 5.99. The largest absolute Gasteiger partial charge is 0.390 e. The Morgan fingerprint density at radius 2 is 2.00 bits per heavy atom. The third-order valence-electron chi connectivity index (χ3n) is 4.27. The van der Waals surface area contributed by atoms with Crippen molar-refractivity contribution >= 4 is 11.5 Å². The van der Waals surface area contributed by atoms with Crippen molar-refractivity contribution in [2.24, 2.45) is 0 Å². The minimum Gasteiger partial charge on any atom is -0.390 e. The number of piperazine rings is 1. The third kappa shape index (κ3) is 3.22. The lowest BCUT2D eigenvalue weighted by molar-refractivity contribution is 0.0920. The van der Waals surface area contributed by atoms with Crippen LogP contribution in [0.5, 0.6) is 0 Å². The molecule has 1 fully saturated rings. The lowest BCUT2D eigenvalue weighted by atomic mass is 10.2. The average Bonchev–Trinajstić information content (AvgIpc) is 3.26. The Bertz CT molecular complexity index is 778. The molecule has 3 aromatic heterocycles. The van der Waals surface area contributed by atoms with Crippen LogP contribution in [0.4, 0.5) is 5.82 Å². The van der Waals surface area contributed by atoms with Crippen molar-refractivity contribution in [2.75, 3.05) is 37.6 Å². The van der Waals surface area contributed by atoms with Crippen LogP contribution < -0.4 is 4.90 Å². The Morgan fingerprint density at radius 1 is 1.12 bits per heavy atom. The standard InChI is InChI=1S/C15H20N8O/c24-13(11-22-5-1-4-17-22)10-20-6-8-21(9-7-20)15-3-2-14-18-16-12-23(14)19-15/h1-5,12-13,24H,6-11H2. The fourth-order valence-electron chi connectivity index (χ4n) is 3.03. The first kappa shape index (κ1) is 15.0. The van der Waals surface area contributed by atoms with Crippen LogP contribution >= 0.6 is 0 Å². The summed E-state index contributed by atoms with van der Waals surface area (Å²) in [6.45, 7) is 4.76. The highest BCUT2D eigenvalue weighted by atomic mass is 16.3. The molecule has 126 valence electrons. The first-order chi connectivity index (χ1) is 11.8. The van der Waals surface area contributed by atoms with Crippen molar-refractivity contribution in [3.05, 3.63) is 36.9 Å². The van der Waals surface area contributed by atoms with Gasteiger partial charge < -0.3 is 10.0 Å². The van der Waals surface area contributed by atoms with E-state index in [1.807, 2.05) is 24.4 Å². The van der Waals surface area contributed by atoms with Crippen LogP contribution in [-0.4, -0.2) is 78.4 Å². The van der Waals surface area contributed by atoms with E-state index in [4.69, 9.17) is 0 Å². The molecule has 1 atom stereocenters. The molecule has 0 bridgehead atoms. The molecule has 9 heteroatoms. The first-order valence-electron chi connectivity index (χ1n) is 8.08. The molecule has 1 unspecified atom stereocenters. The molecular weight excluding hydrogens is 308 g/mol. The number of hydrogen-bond donors (Lipinski definition) is 1. The van der Waals surface area contributed by atoms with E-state index in [1.54, 1.807) is 21.7 Å². The van der Waals surface area contributed by atoms with E-state index < -0.39 is 6.10 Å². The van der Waals surface area contributed by atoms with Gasteiger partial charge in [-0.05, 0) is 18.2 Å². The molecule has 4 heterocycles. The zero-order chi connectivity index (χ0) is 16.4. The van der Waals surface area contributed by atoms with Crippen molar-refractivity contribution in [1.82, 2.24) is 34.5 Å². The Balaban J connectivity index is 1.31. The van der Waals surface area contributed by atoms with Crippen LogP contribution in [0.15, 0.2) is 36.9 Å². The molecule has 1 N–H and O–H groups in total. The molecule has 3 aromatic rings. The van der Waals surface area contributed by atoms with Gasteiger partial charge in [0, 0.05) is 45.1 Å². The first-order valence-corrected chi connectivity index (χ1v) is 8.08. The Morgan fingerprint density at radius 3 is 2.79 bits per heavy atom. The zero-order valence-corrected chi connectivity index (χ0v) is 13.3. The van der Waals surface area contributed by atoms with E-state index in [0.717, 1.165) is 37.6 Å². The van der Waals surface area contributed by atoms with E-state index in [9.17, 15) is 5.11 Å². The number of aliphatic hydroxyl groups is 1. The van der Waals surface area contributed by atoms with Crippen molar-refractivity contribution in [1.29, 1.82) is 0 Å². The maximum atomic E-state index is 10.2. The highest BCUT2D eigenvalue weighted by Gasteiger charge is 2.20. The quantitative estimate of drug-likeness (QED) is 0.676. The molecule has 0 saturated carbocycles. The molecule has 0 aromatic carbocycles. The summed E-state index contributed by atoms with van der Waals surface area (Å²) in [5.74, 6) is 0.930. The molecule has 0 aliphatic carbocycles. The third-order valence-corrected chi connectivity index (χ3v) is 4.27. The van der Waals surface area contributed by atoms with Gasteiger partial charge in [0.2, 0.25) is 0 Å². The molecule has 1 aliphatic heterocycles. The van der Waals surface area contributed by atoms with E-state index in [0.29, 0.717) is 13.1 Å². The second-order valence-electron chi connectivity index (χ2n) is 5.99. The van der Waals surface area contributed by atoms with E-state index >= 15 is 0 Å². The smallest absolute Gasteiger partial charge is 0.177 e. The number of fused-ring (bicyclic) bond motifs is 1. The highest BCUT2D eigenvalue weighted by molar-refractivity contribution is 5.45. The Kier molecular flexibility index (Phi) is 4.09. The average molecular weight is 328 g/mol. The monoisotopic (exact) mass is 328 g/mol. The summed E-state index contributed by atoms with van der Waals surface area (Å²) in [4.78, 5) is 4.53. The van der Waals surface area contributed by atoms with Gasteiger partial charge in [0.15, 0.2) is 5.65 Å². The summed E-state index contributed by atoms with van der Waals surface area (Å²) in [6, 6.07) is 5.77. The molecule has 4 rings (SSSR count). The molecule has 1 saturated heterocycles. The summed E-state index contributed by atoms with van der Waals surface area (Å²) in [6.07, 6.45) is 4.79. The van der Waals surface area contributed by atoms with Gasteiger partial charge >= 0.3 is 0 Å². The number of hydrogen-bond acceptors (Lipinski definition) is 7. The lowest BCUT2D eigenvalue weighted by Gasteiger charge is -2.36. The van der Waals surface area contributed by atoms with Gasteiger partial charge in [0.1, 0.15) is 12.1 Å². The molecule has 1 aliphatic rings. The summed E-state index contributed by atoms with van der Waals surface area (Å²) >= 11 is 0. The number of aliphatic hydroxyl groups excluding tert-OH is 1. The maximum Gasteiger partial charge on any atom is 0.177 e. The van der Waals surface area contributed by atoms with Crippen molar-refractivity contribution < 1.29 is 5.11 Å². The zero-order valence-electron chi connectivity index (χ0n) is 13.3. The fourth-order valence-corrected chi connectivity index (χ4v) is 3.03. The molecule has 24 heavy (non-hydrogen) atoms. The van der Waals surface area contributed by atoms with Gasteiger partial charge in [0.25, 0.3) is 0 Å².